The Kier molecular flexibility index (Phi) is 9.86. The van der Waals surface area contributed by atoms with Crippen molar-refractivity contribution in [3.8, 4) is 50.8 Å². The van der Waals surface area contributed by atoms with Gasteiger partial charge in [0.25, 0.3) is 0 Å². The molecule has 0 unspecified atom stereocenters. The molecule has 0 amide bonds. The van der Waals surface area contributed by atoms with E-state index in [2.05, 4.69) is 146 Å². The third kappa shape index (κ3) is 7.89. The summed E-state index contributed by atoms with van der Waals surface area (Å²) >= 11 is 0. The van der Waals surface area contributed by atoms with Crippen molar-refractivity contribution < 1.29 is 37.2 Å². The molecule has 4 aromatic heterocycles. The first-order valence-electron chi connectivity index (χ1n) is 24.2. The molecule has 0 aliphatic heterocycles. The predicted molar refractivity (Wildman–Crippen MR) is 259 cm³/mol. The van der Waals surface area contributed by atoms with Gasteiger partial charge in [-0.05, 0) is 94.7 Å². The van der Waals surface area contributed by atoms with Crippen molar-refractivity contribution in [1.82, 2.24) is 14.5 Å². The van der Waals surface area contributed by atoms with Gasteiger partial charge >= 0.3 is 0 Å². The number of hydrogen-bond donors (Lipinski definition) is 0. The van der Waals surface area contributed by atoms with Gasteiger partial charge in [0.05, 0.1) is 27.8 Å². The molecule has 7 aromatic carbocycles. The van der Waals surface area contributed by atoms with E-state index in [9.17, 15) is 0 Å². The Morgan fingerprint density at radius 1 is 0.609 bits per heavy atom. The van der Waals surface area contributed by atoms with E-state index in [0.29, 0.717) is 11.3 Å². The molecule has 0 bridgehead atoms. The average molecular weight is 1020 g/mol. The van der Waals surface area contributed by atoms with Gasteiger partial charge in [-0.1, -0.05) is 130 Å². The van der Waals surface area contributed by atoms with Gasteiger partial charge in [-0.2, -0.15) is 0 Å². The Hall–Kier alpha value is -6.85. The van der Waals surface area contributed by atoms with Crippen molar-refractivity contribution >= 4 is 43.9 Å². The smallest absolute Gasteiger partial charge is 0.138 e. The van der Waals surface area contributed by atoms with Crippen LogP contribution in [0.25, 0.3) is 94.7 Å². The van der Waals surface area contributed by atoms with Crippen LogP contribution in [0.4, 0.5) is 0 Å². The predicted octanol–water partition coefficient (Wildman–Crippen LogP) is 15.9. The second-order valence-corrected chi connectivity index (χ2v) is 16.4. The summed E-state index contributed by atoms with van der Waals surface area (Å²) in [7, 11) is 0. The standard InChI is InChI=1S/C45H35N2O2.C13H12N.Ir/c1-27(2)35-24-31(29-14-7-5-8-15-29)25-36(28(3)4)42(35)47-39-21-12-11-20-38(39)46-45(47)34-19-13-18-32-33-22-23-40-37(44(33)49-43(32)34)26-41(48-40)30-16-9-6-10-17-30;1-10-3-6-12(7-4-10)13-8-5-11(2)9-14-13;/h5-18,20-28H,1-4H3;3-6,8-9H,1-2H3;/q2*-1;/i;1D3,2D3;. The fraction of sp³-hybridized carbons (Fsp3) is 0.138. The zero-order valence-corrected chi connectivity index (χ0v) is 38.1. The minimum atomic E-state index is -2.18. The molecular formula is C58H47IrN3O2-2. The summed E-state index contributed by atoms with van der Waals surface area (Å²) < 4.78 is 59.2. The molecule has 1 radical (unpaired) electrons. The SMILES string of the molecule is CC(C)c1cc(-c2ccccc2)cc(C(C)C)c1-n1c(-c2[c-]ccc3c2oc2c4cc(-c5ccccc5)oc4ccc32)nc2ccccc21.[2H]C([2H])([2H])c1c[c-]c(-c2ccc(C([2H])([2H])[2H])cn2)cc1.[Ir]. The second-order valence-electron chi connectivity index (χ2n) is 16.4. The second kappa shape index (κ2) is 17.7. The Bertz CT molecular complexity index is 3550. The van der Waals surface area contributed by atoms with Gasteiger partial charge in [-0.25, -0.2) is 0 Å². The van der Waals surface area contributed by atoms with E-state index < -0.39 is 13.7 Å². The fourth-order valence-electron chi connectivity index (χ4n) is 8.40. The number of para-hydroxylation sites is 2. The van der Waals surface area contributed by atoms with E-state index in [1.54, 1.807) is 12.1 Å². The first-order valence-corrected chi connectivity index (χ1v) is 21.2. The summed E-state index contributed by atoms with van der Waals surface area (Å²) in [6.45, 7) is 4.78. The Balaban J connectivity index is 0.000000244. The van der Waals surface area contributed by atoms with Crippen molar-refractivity contribution in [3.63, 3.8) is 0 Å². The van der Waals surface area contributed by atoms with Gasteiger partial charge < -0.3 is 18.4 Å². The normalized spacial score (nSPS) is 13.2. The number of benzene rings is 7. The topological polar surface area (TPSA) is 57.0 Å². The summed E-state index contributed by atoms with van der Waals surface area (Å²) in [4.78, 5) is 9.40. The zero-order chi connectivity index (χ0) is 48.2. The van der Waals surface area contributed by atoms with Gasteiger partial charge in [-0.15, -0.1) is 53.6 Å². The van der Waals surface area contributed by atoms with Gasteiger partial charge in [-0.3, -0.25) is 4.98 Å². The van der Waals surface area contributed by atoms with Crippen molar-refractivity contribution in [2.24, 2.45) is 0 Å². The third-order valence-corrected chi connectivity index (χ3v) is 11.5. The number of nitrogens with zero attached hydrogens (tertiary/aromatic N) is 3. The number of imidazole rings is 1. The molecule has 0 aliphatic rings. The molecular weight excluding hydrogens is 963 g/mol. The summed E-state index contributed by atoms with van der Waals surface area (Å²) in [6.07, 6.45) is 1.30. The number of furan rings is 2. The molecule has 0 saturated heterocycles. The molecule has 6 heteroatoms. The molecule has 64 heavy (non-hydrogen) atoms. The van der Waals surface area contributed by atoms with Gasteiger partial charge in [0.15, 0.2) is 0 Å². The van der Waals surface area contributed by atoms with Crippen LogP contribution in [-0.2, 0) is 20.1 Å². The average Bonchev–Trinajstić information content (AvgIpc) is 4.08. The van der Waals surface area contributed by atoms with Gasteiger partial charge in [0, 0.05) is 51.2 Å². The molecule has 11 rings (SSSR count). The summed E-state index contributed by atoms with van der Waals surface area (Å²) in [6, 6.07) is 58.4. The van der Waals surface area contributed by atoms with Gasteiger partial charge in [0.1, 0.15) is 16.9 Å². The first kappa shape index (κ1) is 35.6. The van der Waals surface area contributed by atoms with Crippen molar-refractivity contribution in [3.05, 3.63) is 198 Å². The van der Waals surface area contributed by atoms with Crippen LogP contribution in [0.5, 0.6) is 0 Å². The van der Waals surface area contributed by atoms with Crippen molar-refractivity contribution in [1.29, 1.82) is 0 Å². The molecule has 0 N–H and O–H groups in total. The van der Waals surface area contributed by atoms with E-state index in [1.165, 1.54) is 52.3 Å². The van der Waals surface area contributed by atoms with Crippen LogP contribution < -0.4 is 0 Å². The Morgan fingerprint density at radius 3 is 1.97 bits per heavy atom. The molecule has 0 fully saturated rings. The van der Waals surface area contributed by atoms with E-state index in [4.69, 9.17) is 22.0 Å². The largest absolute Gasteiger partial charge is 0.500 e. The number of rotatable bonds is 7. The molecule has 5 nitrogen and oxygen atoms in total. The van der Waals surface area contributed by atoms with E-state index in [0.717, 1.165) is 66.7 Å². The molecule has 4 heterocycles. The van der Waals surface area contributed by atoms with Gasteiger partial charge in [0.2, 0.25) is 0 Å². The van der Waals surface area contributed by atoms with Crippen molar-refractivity contribution in [2.75, 3.05) is 0 Å². The Labute approximate surface area is 396 Å². The molecule has 0 aliphatic carbocycles. The minimum Gasteiger partial charge on any atom is -0.500 e. The van der Waals surface area contributed by atoms with Crippen LogP contribution in [-0.4, -0.2) is 14.5 Å². The molecule has 11 aromatic rings. The third-order valence-electron chi connectivity index (χ3n) is 11.5. The minimum absolute atomic E-state index is 0. The van der Waals surface area contributed by atoms with Crippen LogP contribution in [0.1, 0.15) is 70.0 Å². The summed E-state index contributed by atoms with van der Waals surface area (Å²) in [5.74, 6) is 2.17. The number of hydrogen-bond acceptors (Lipinski definition) is 4. The quantitative estimate of drug-likeness (QED) is 0.149. The fourth-order valence-corrected chi connectivity index (χ4v) is 8.40. The van der Waals surface area contributed by atoms with Crippen LogP contribution >= 0.6 is 0 Å². The van der Waals surface area contributed by atoms with Crippen LogP contribution in [0.15, 0.2) is 173 Å². The molecule has 0 atom stereocenters. The van der Waals surface area contributed by atoms with E-state index in [-0.39, 0.29) is 43.1 Å². The zero-order valence-electron chi connectivity index (χ0n) is 41.7. The Morgan fingerprint density at radius 2 is 1.30 bits per heavy atom. The maximum Gasteiger partial charge on any atom is 0.138 e. The molecule has 0 spiro atoms. The maximum atomic E-state index is 7.28. The number of aryl methyl sites for hydroxylation is 2. The molecule has 317 valence electrons. The summed E-state index contributed by atoms with van der Waals surface area (Å²) in [5, 5.41) is 3.02. The van der Waals surface area contributed by atoms with E-state index >= 15 is 0 Å². The number of aromatic nitrogens is 3. The summed E-state index contributed by atoms with van der Waals surface area (Å²) in [5.41, 5.74) is 14.0. The van der Waals surface area contributed by atoms with Crippen LogP contribution in [0.3, 0.4) is 0 Å². The monoisotopic (exact) mass is 1020 g/mol. The first-order chi connectivity index (χ1) is 33.1. The van der Waals surface area contributed by atoms with Crippen LogP contribution in [0, 0.1) is 25.8 Å². The number of fused-ring (bicyclic) bond motifs is 6. The van der Waals surface area contributed by atoms with E-state index in [1.807, 2.05) is 30.3 Å². The molecule has 0 saturated carbocycles. The number of pyridine rings is 1. The van der Waals surface area contributed by atoms with Crippen molar-refractivity contribution in [2.45, 2.75) is 53.2 Å². The maximum absolute atomic E-state index is 7.28. The van der Waals surface area contributed by atoms with Crippen LogP contribution in [0.2, 0.25) is 0 Å².